The molecule has 0 saturated carbocycles. The van der Waals surface area contributed by atoms with Gasteiger partial charge in [0, 0.05) is 42.2 Å². The maximum absolute atomic E-state index is 12.7. The van der Waals surface area contributed by atoms with Crippen LogP contribution < -0.4 is 10.6 Å². The minimum atomic E-state index is -0.117. The van der Waals surface area contributed by atoms with Crippen LogP contribution in [-0.4, -0.2) is 43.2 Å². The van der Waals surface area contributed by atoms with Gasteiger partial charge in [-0.2, -0.15) is 0 Å². The van der Waals surface area contributed by atoms with E-state index in [9.17, 15) is 9.59 Å². The second-order valence-corrected chi connectivity index (χ2v) is 7.53. The summed E-state index contributed by atoms with van der Waals surface area (Å²) in [6.45, 7) is 1.46. The highest BCUT2D eigenvalue weighted by atomic mass is 32.2. The van der Waals surface area contributed by atoms with Crippen LogP contribution in [0.3, 0.4) is 0 Å². The average molecular weight is 384 g/mol. The van der Waals surface area contributed by atoms with Crippen molar-refractivity contribution in [2.24, 2.45) is 0 Å². The van der Waals surface area contributed by atoms with Gasteiger partial charge in [-0.05, 0) is 55.0 Å². The van der Waals surface area contributed by atoms with E-state index in [4.69, 9.17) is 0 Å². The van der Waals surface area contributed by atoms with E-state index in [1.807, 2.05) is 59.7 Å². The third-order valence-corrected chi connectivity index (χ3v) is 5.60. The van der Waals surface area contributed by atoms with Crippen LogP contribution in [0.4, 0.5) is 10.5 Å². The predicted octanol–water partition coefficient (Wildman–Crippen LogP) is 4.18. The van der Waals surface area contributed by atoms with Gasteiger partial charge < -0.3 is 15.5 Å². The topological polar surface area (TPSA) is 61.4 Å². The van der Waals surface area contributed by atoms with Crippen molar-refractivity contribution < 1.29 is 9.59 Å². The summed E-state index contributed by atoms with van der Waals surface area (Å²) in [5.74, 6) is 0.137. The first-order valence-electron chi connectivity index (χ1n) is 9.12. The Morgan fingerprint density at radius 1 is 1.15 bits per heavy atom. The Morgan fingerprint density at radius 2 is 1.96 bits per heavy atom. The molecule has 1 fully saturated rings. The number of thioether (sulfide) groups is 1. The molecular formula is C21H25N3O2S. The zero-order chi connectivity index (χ0) is 19.2. The number of hydrogen-bond donors (Lipinski definition) is 2. The van der Waals surface area contributed by atoms with Gasteiger partial charge in [0.05, 0.1) is 0 Å². The van der Waals surface area contributed by atoms with Crippen LogP contribution in [-0.2, 0) is 0 Å². The van der Waals surface area contributed by atoms with Gasteiger partial charge in [-0.1, -0.05) is 18.2 Å². The second-order valence-electron chi connectivity index (χ2n) is 6.65. The van der Waals surface area contributed by atoms with Gasteiger partial charge in [-0.25, -0.2) is 4.79 Å². The minimum Gasteiger partial charge on any atom is -0.341 e. The molecule has 27 heavy (non-hydrogen) atoms. The largest absolute Gasteiger partial charge is 0.341 e. The molecular weight excluding hydrogens is 358 g/mol. The summed E-state index contributed by atoms with van der Waals surface area (Å²) in [6, 6.07) is 15.5. The van der Waals surface area contributed by atoms with Crippen molar-refractivity contribution in [1.82, 2.24) is 10.2 Å². The number of urea groups is 1. The Kier molecular flexibility index (Phi) is 6.40. The van der Waals surface area contributed by atoms with Gasteiger partial charge in [0.2, 0.25) is 0 Å². The van der Waals surface area contributed by atoms with Gasteiger partial charge >= 0.3 is 6.03 Å². The number of rotatable bonds is 4. The number of nitrogens with one attached hydrogen (secondary N) is 2. The van der Waals surface area contributed by atoms with Crippen molar-refractivity contribution in [3.8, 4) is 0 Å². The number of carbonyl (C=O) groups excluding carboxylic acids is 2. The molecule has 3 amide bonds. The standard InChI is InChI=1S/C21H25N3O2S/c1-22-21(26)24-11-5-8-17(14-24)15-6-3-7-16(12-15)20(25)23-18-9-4-10-19(13-18)27-2/h3-4,6-7,9-10,12-13,17H,5,8,11,14H2,1-2H3,(H,22,26)(H,23,25). The Balaban J connectivity index is 1.72. The summed E-state index contributed by atoms with van der Waals surface area (Å²) in [7, 11) is 1.66. The van der Waals surface area contributed by atoms with Crippen LogP contribution in [0.15, 0.2) is 53.4 Å². The first-order chi connectivity index (χ1) is 13.1. The number of anilines is 1. The van der Waals surface area contributed by atoms with E-state index in [1.54, 1.807) is 18.8 Å². The molecule has 0 bridgehead atoms. The van der Waals surface area contributed by atoms with Crippen LogP contribution in [0.5, 0.6) is 0 Å². The Labute approximate surface area is 164 Å². The van der Waals surface area contributed by atoms with Crippen LogP contribution in [0.2, 0.25) is 0 Å². The van der Waals surface area contributed by atoms with E-state index < -0.39 is 0 Å². The maximum atomic E-state index is 12.7. The van der Waals surface area contributed by atoms with Gasteiger partial charge in [0.25, 0.3) is 5.91 Å². The van der Waals surface area contributed by atoms with E-state index in [0.717, 1.165) is 35.5 Å². The fourth-order valence-electron chi connectivity index (χ4n) is 3.43. The molecule has 1 aliphatic rings. The number of benzene rings is 2. The molecule has 3 rings (SSSR count). The van der Waals surface area contributed by atoms with Crippen LogP contribution in [0, 0.1) is 0 Å². The summed E-state index contributed by atoms with van der Waals surface area (Å²) < 4.78 is 0. The normalized spacial score (nSPS) is 16.7. The van der Waals surface area contributed by atoms with Crippen molar-refractivity contribution in [3.63, 3.8) is 0 Å². The van der Waals surface area contributed by atoms with Gasteiger partial charge in [0.15, 0.2) is 0 Å². The molecule has 1 unspecified atom stereocenters. The predicted molar refractivity (Wildman–Crippen MR) is 111 cm³/mol. The molecule has 142 valence electrons. The molecule has 5 nitrogen and oxygen atoms in total. The van der Waals surface area contributed by atoms with Crippen LogP contribution in [0.1, 0.15) is 34.7 Å². The number of carbonyl (C=O) groups is 2. The molecule has 0 aliphatic carbocycles. The molecule has 0 aromatic heterocycles. The van der Waals surface area contributed by atoms with Crippen molar-refractivity contribution in [3.05, 3.63) is 59.7 Å². The summed E-state index contributed by atoms with van der Waals surface area (Å²) >= 11 is 1.64. The molecule has 1 heterocycles. The highest BCUT2D eigenvalue weighted by Gasteiger charge is 2.24. The lowest BCUT2D eigenvalue weighted by Crippen LogP contribution is -2.43. The number of hydrogen-bond acceptors (Lipinski definition) is 3. The minimum absolute atomic E-state index is 0.0396. The first kappa shape index (κ1) is 19.3. The maximum Gasteiger partial charge on any atom is 0.317 e. The smallest absolute Gasteiger partial charge is 0.317 e. The monoisotopic (exact) mass is 383 g/mol. The van der Waals surface area contributed by atoms with Crippen molar-refractivity contribution in [2.75, 3.05) is 31.7 Å². The zero-order valence-electron chi connectivity index (χ0n) is 15.7. The summed E-state index contributed by atoms with van der Waals surface area (Å²) in [4.78, 5) is 27.5. The van der Waals surface area contributed by atoms with Crippen LogP contribution in [0.25, 0.3) is 0 Å². The van der Waals surface area contributed by atoms with Crippen LogP contribution >= 0.6 is 11.8 Å². The molecule has 1 atom stereocenters. The Morgan fingerprint density at radius 3 is 2.74 bits per heavy atom. The van der Waals surface area contributed by atoms with Gasteiger partial charge in [-0.15, -0.1) is 11.8 Å². The van der Waals surface area contributed by atoms with E-state index in [-0.39, 0.29) is 17.9 Å². The fraction of sp³-hybridized carbons (Fsp3) is 0.333. The zero-order valence-corrected chi connectivity index (χ0v) is 16.5. The number of piperidine rings is 1. The number of amides is 3. The fourth-order valence-corrected chi connectivity index (χ4v) is 3.89. The highest BCUT2D eigenvalue weighted by molar-refractivity contribution is 7.98. The molecule has 0 spiro atoms. The number of likely N-dealkylation sites (tertiary alicyclic amines) is 1. The molecule has 6 heteroatoms. The number of nitrogens with zero attached hydrogens (tertiary/aromatic N) is 1. The molecule has 1 aliphatic heterocycles. The van der Waals surface area contributed by atoms with Gasteiger partial charge in [-0.3, -0.25) is 4.79 Å². The molecule has 2 aromatic rings. The lowest BCUT2D eigenvalue weighted by atomic mass is 9.89. The third kappa shape index (κ3) is 4.83. The highest BCUT2D eigenvalue weighted by Crippen LogP contribution is 2.28. The van der Waals surface area contributed by atoms with Gasteiger partial charge in [0.1, 0.15) is 0 Å². The lowest BCUT2D eigenvalue weighted by Gasteiger charge is -2.32. The molecule has 2 N–H and O–H groups in total. The summed E-state index contributed by atoms with van der Waals surface area (Å²) in [6.07, 6.45) is 4.00. The summed E-state index contributed by atoms with van der Waals surface area (Å²) in [5.41, 5.74) is 2.54. The van der Waals surface area contributed by atoms with E-state index in [0.29, 0.717) is 12.1 Å². The lowest BCUT2D eigenvalue weighted by molar-refractivity contribution is 0.102. The molecule has 1 saturated heterocycles. The second kappa shape index (κ2) is 8.95. The Bertz CT molecular complexity index is 825. The first-order valence-corrected chi connectivity index (χ1v) is 10.3. The Hall–Kier alpha value is -2.47. The van der Waals surface area contributed by atoms with E-state index in [2.05, 4.69) is 10.6 Å². The quantitative estimate of drug-likeness (QED) is 0.779. The SMILES string of the molecule is CNC(=O)N1CCCC(c2cccc(C(=O)Nc3cccc(SC)c3)c2)C1. The average Bonchev–Trinajstić information content (AvgIpc) is 2.73. The summed E-state index contributed by atoms with van der Waals surface area (Å²) in [5, 5.41) is 5.67. The van der Waals surface area contributed by atoms with E-state index >= 15 is 0 Å². The van der Waals surface area contributed by atoms with Crippen molar-refractivity contribution in [2.45, 2.75) is 23.7 Å². The molecule has 2 aromatic carbocycles. The molecule has 0 radical (unpaired) electrons. The van der Waals surface area contributed by atoms with Crippen molar-refractivity contribution >= 4 is 29.4 Å². The third-order valence-electron chi connectivity index (χ3n) is 4.87. The van der Waals surface area contributed by atoms with E-state index in [1.165, 1.54) is 0 Å². The van der Waals surface area contributed by atoms with Crippen molar-refractivity contribution in [1.29, 1.82) is 0 Å².